The van der Waals surface area contributed by atoms with Gasteiger partial charge in [-0.2, -0.15) is 0 Å². The Bertz CT molecular complexity index is 1150. The van der Waals surface area contributed by atoms with Crippen LogP contribution in [0.4, 0.5) is 0 Å². The van der Waals surface area contributed by atoms with Crippen LogP contribution >= 0.6 is 0 Å². The fourth-order valence-electron chi connectivity index (χ4n) is 4.54. The van der Waals surface area contributed by atoms with Crippen molar-refractivity contribution in [3.63, 3.8) is 0 Å². The smallest absolute Gasteiger partial charge is 0.318 e. The Balaban J connectivity index is 1.70. The molecule has 5 N–H and O–H groups in total. The third kappa shape index (κ3) is 8.79. The molecule has 1 amide bonds. The van der Waals surface area contributed by atoms with E-state index in [1.54, 1.807) is 28.0 Å². The number of ether oxygens (including phenoxy) is 3. The Morgan fingerprint density at radius 3 is 2.55 bits per heavy atom. The van der Waals surface area contributed by atoms with Crippen molar-refractivity contribution in [2.75, 3.05) is 27.6 Å². The minimum Gasteiger partial charge on any atom is -0.435 e. The first-order chi connectivity index (χ1) is 19.2. The van der Waals surface area contributed by atoms with Crippen LogP contribution in [0.1, 0.15) is 63.8 Å². The Kier molecular flexibility index (Phi) is 12.0. The SMILES string of the molecule is CNNC(=O)[C@H](C)NCOC(C)OC(=O)C1(/C=C/c2ccc3ccc([C@@H](C)NCOC)nc3c2)CCC(O)CC1. The highest BCUT2D eigenvalue weighted by molar-refractivity contribution is 5.83. The first kappa shape index (κ1) is 31.6. The number of nitrogens with zero attached hydrogens (tertiary/aromatic N) is 1. The molecule has 3 atom stereocenters. The fraction of sp³-hybridized carbons (Fsp3) is 0.552. The summed E-state index contributed by atoms with van der Waals surface area (Å²) in [6, 6.07) is 9.58. The number of hydrazine groups is 1. The zero-order chi connectivity index (χ0) is 29.1. The van der Waals surface area contributed by atoms with Crippen LogP contribution in [0.15, 0.2) is 36.4 Å². The topological polar surface area (TPSA) is 143 Å². The highest BCUT2D eigenvalue weighted by Gasteiger charge is 2.41. The van der Waals surface area contributed by atoms with Crippen LogP contribution in [-0.4, -0.2) is 68.0 Å². The summed E-state index contributed by atoms with van der Waals surface area (Å²) in [5, 5.41) is 17.3. The number of carbonyl (C=O) groups excluding carboxylic acids is 2. The van der Waals surface area contributed by atoms with Crippen molar-refractivity contribution in [2.45, 2.75) is 70.9 Å². The number of methoxy groups -OCH3 is 1. The van der Waals surface area contributed by atoms with E-state index in [-0.39, 0.29) is 18.7 Å². The number of aliphatic hydroxyl groups excluding tert-OH is 1. The molecule has 11 nitrogen and oxygen atoms in total. The van der Waals surface area contributed by atoms with Crippen LogP contribution in [-0.2, 0) is 23.8 Å². The first-order valence-electron chi connectivity index (χ1n) is 13.7. The monoisotopic (exact) mass is 557 g/mol. The van der Waals surface area contributed by atoms with E-state index in [1.165, 1.54) is 0 Å². The molecule has 1 aromatic heterocycles. The summed E-state index contributed by atoms with van der Waals surface area (Å²) in [4.78, 5) is 30.0. The summed E-state index contributed by atoms with van der Waals surface area (Å²) < 4.78 is 16.4. The van der Waals surface area contributed by atoms with Gasteiger partial charge in [-0.1, -0.05) is 30.4 Å². The van der Waals surface area contributed by atoms with Crippen molar-refractivity contribution in [2.24, 2.45) is 5.41 Å². The summed E-state index contributed by atoms with van der Waals surface area (Å²) in [6.07, 6.45) is 4.50. The number of rotatable bonds is 14. The number of benzene rings is 1. The fourth-order valence-corrected chi connectivity index (χ4v) is 4.54. The third-order valence-electron chi connectivity index (χ3n) is 7.19. The minimum absolute atomic E-state index is 0.0278. The van der Waals surface area contributed by atoms with E-state index in [2.05, 4.69) is 21.5 Å². The average molecular weight is 558 g/mol. The van der Waals surface area contributed by atoms with Gasteiger partial charge in [-0.05, 0) is 64.2 Å². The molecule has 1 unspecified atom stereocenters. The van der Waals surface area contributed by atoms with Crippen molar-refractivity contribution >= 4 is 28.9 Å². The lowest BCUT2D eigenvalue weighted by molar-refractivity contribution is -0.187. The molecule has 1 heterocycles. The number of aliphatic hydroxyl groups is 1. The predicted octanol–water partition coefficient (Wildman–Crippen LogP) is 2.52. The molecule has 0 saturated heterocycles. The maximum atomic E-state index is 13.4. The van der Waals surface area contributed by atoms with Crippen LogP contribution in [0, 0.1) is 5.41 Å². The zero-order valence-electron chi connectivity index (χ0n) is 24.0. The molecule has 11 heteroatoms. The Labute approximate surface area is 236 Å². The van der Waals surface area contributed by atoms with Gasteiger partial charge in [-0.15, -0.1) is 0 Å². The van der Waals surface area contributed by atoms with Crippen molar-refractivity contribution in [1.82, 2.24) is 26.5 Å². The summed E-state index contributed by atoms with van der Waals surface area (Å²) >= 11 is 0. The van der Waals surface area contributed by atoms with Gasteiger partial charge in [0.25, 0.3) is 5.91 Å². The standard InChI is InChI=1S/C29H43N5O6/c1-19(31-17-38-5)25-9-8-23-7-6-22(16-26(23)33-25)10-13-29(14-11-24(35)12-15-29)28(37)40-21(3)39-18-32-20(2)27(36)34-30-4/h6-10,13,16,19-21,24,30-32,35H,11-12,14-15,17-18H2,1-5H3,(H,34,36)/b13-10+/t19-,20+,21?,24?,29?/m1/s1. The average Bonchev–Trinajstić information content (AvgIpc) is 2.95. The molecule has 2 aromatic rings. The Morgan fingerprint density at radius 1 is 1.12 bits per heavy atom. The van der Waals surface area contributed by atoms with Crippen LogP contribution in [0.3, 0.4) is 0 Å². The number of hydrogen-bond donors (Lipinski definition) is 5. The van der Waals surface area contributed by atoms with Gasteiger partial charge >= 0.3 is 5.97 Å². The number of amides is 1. The van der Waals surface area contributed by atoms with Crippen molar-refractivity contribution < 1.29 is 28.9 Å². The van der Waals surface area contributed by atoms with Crippen LogP contribution in [0.25, 0.3) is 17.0 Å². The largest absolute Gasteiger partial charge is 0.435 e. The van der Waals surface area contributed by atoms with Gasteiger partial charge in [0.05, 0.1) is 35.5 Å². The number of pyridine rings is 1. The number of nitrogens with one attached hydrogen (secondary N) is 4. The lowest BCUT2D eigenvalue weighted by atomic mass is 9.72. The molecular formula is C29H43N5O6. The van der Waals surface area contributed by atoms with Gasteiger partial charge < -0.3 is 19.3 Å². The highest BCUT2D eigenvalue weighted by Crippen LogP contribution is 2.40. The van der Waals surface area contributed by atoms with Gasteiger partial charge in [0.15, 0.2) is 0 Å². The van der Waals surface area contributed by atoms with E-state index in [1.807, 2.05) is 49.4 Å². The molecular weight excluding hydrogens is 514 g/mol. The van der Waals surface area contributed by atoms with Crippen molar-refractivity contribution in [3.05, 3.63) is 47.7 Å². The maximum absolute atomic E-state index is 13.4. The molecule has 1 aliphatic rings. The number of aromatic nitrogens is 1. The van der Waals surface area contributed by atoms with Crippen LogP contribution < -0.4 is 21.5 Å². The number of carbonyl (C=O) groups is 2. The van der Waals surface area contributed by atoms with E-state index in [0.717, 1.165) is 22.2 Å². The van der Waals surface area contributed by atoms with Gasteiger partial charge in [0, 0.05) is 25.6 Å². The Morgan fingerprint density at radius 2 is 1.85 bits per heavy atom. The summed E-state index contributed by atoms with van der Waals surface area (Å²) in [6.45, 7) is 5.83. The predicted molar refractivity (Wildman–Crippen MR) is 152 cm³/mol. The first-order valence-corrected chi connectivity index (χ1v) is 13.7. The molecule has 1 fully saturated rings. The van der Waals surface area contributed by atoms with Crippen LogP contribution in [0.2, 0.25) is 0 Å². The maximum Gasteiger partial charge on any atom is 0.318 e. The molecule has 0 radical (unpaired) electrons. The third-order valence-corrected chi connectivity index (χ3v) is 7.19. The number of hydrogen-bond acceptors (Lipinski definition) is 10. The molecule has 0 aliphatic heterocycles. The molecule has 220 valence electrons. The molecule has 0 bridgehead atoms. The molecule has 1 aliphatic carbocycles. The van der Waals surface area contributed by atoms with Crippen molar-refractivity contribution in [1.29, 1.82) is 0 Å². The number of esters is 1. The van der Waals surface area contributed by atoms with E-state index in [9.17, 15) is 14.7 Å². The van der Waals surface area contributed by atoms with Crippen molar-refractivity contribution in [3.8, 4) is 0 Å². The highest BCUT2D eigenvalue weighted by atomic mass is 16.7. The Hall–Kier alpha value is -2.93. The second kappa shape index (κ2) is 15.2. The van der Waals surface area contributed by atoms with E-state index in [0.29, 0.717) is 32.4 Å². The lowest BCUT2D eigenvalue weighted by Crippen LogP contribution is -2.47. The minimum atomic E-state index is -0.882. The van der Waals surface area contributed by atoms with E-state index >= 15 is 0 Å². The lowest BCUT2D eigenvalue weighted by Gasteiger charge is -2.35. The summed E-state index contributed by atoms with van der Waals surface area (Å²) in [5.41, 5.74) is 6.86. The molecule has 3 rings (SSSR count). The van der Waals surface area contributed by atoms with Crippen LogP contribution in [0.5, 0.6) is 0 Å². The summed E-state index contributed by atoms with van der Waals surface area (Å²) in [7, 11) is 3.25. The van der Waals surface area contributed by atoms with E-state index in [4.69, 9.17) is 19.2 Å². The quantitative estimate of drug-likeness (QED) is 0.134. The molecule has 40 heavy (non-hydrogen) atoms. The number of fused-ring (bicyclic) bond motifs is 1. The summed E-state index contributed by atoms with van der Waals surface area (Å²) in [5.74, 6) is -0.638. The normalized spacial score (nSPS) is 21.7. The second-order valence-electron chi connectivity index (χ2n) is 10.2. The van der Waals surface area contributed by atoms with Gasteiger partial charge in [0.2, 0.25) is 6.29 Å². The van der Waals surface area contributed by atoms with E-state index < -0.39 is 29.8 Å². The van der Waals surface area contributed by atoms with Gasteiger partial charge in [0.1, 0.15) is 6.73 Å². The van der Waals surface area contributed by atoms with Gasteiger partial charge in [-0.3, -0.25) is 30.6 Å². The zero-order valence-corrected chi connectivity index (χ0v) is 24.0. The molecule has 0 spiro atoms. The molecule has 1 aromatic carbocycles. The molecule has 1 saturated carbocycles. The second-order valence-corrected chi connectivity index (χ2v) is 10.2. The van der Waals surface area contributed by atoms with Gasteiger partial charge in [-0.25, -0.2) is 5.43 Å².